The lowest BCUT2D eigenvalue weighted by molar-refractivity contribution is 0.0949. The van der Waals surface area contributed by atoms with Gasteiger partial charge in [-0.05, 0) is 61.4 Å². The first-order valence-electron chi connectivity index (χ1n) is 10.1. The fraction of sp³-hybridized carbons (Fsp3) is 0.261. The van der Waals surface area contributed by atoms with Crippen LogP contribution < -0.4 is 20.9 Å². The monoisotopic (exact) mass is 440 g/mol. The van der Waals surface area contributed by atoms with Crippen LogP contribution in [0.5, 0.6) is 5.75 Å². The molecule has 1 heterocycles. The number of aromatic nitrogens is 2. The third kappa shape index (κ3) is 5.64. The maximum atomic E-state index is 13.1. The van der Waals surface area contributed by atoms with Crippen molar-refractivity contribution in [3.05, 3.63) is 75.7 Å². The Hall–Kier alpha value is -3.32. The van der Waals surface area contributed by atoms with Crippen LogP contribution in [0, 0.1) is 5.92 Å². The summed E-state index contributed by atoms with van der Waals surface area (Å²) in [5.74, 6) is 0.581. The molecule has 0 aliphatic rings. The van der Waals surface area contributed by atoms with E-state index in [1.165, 1.54) is 10.9 Å². The van der Waals surface area contributed by atoms with Gasteiger partial charge in [0, 0.05) is 22.8 Å². The van der Waals surface area contributed by atoms with Crippen LogP contribution >= 0.6 is 11.6 Å². The second-order valence-corrected chi connectivity index (χ2v) is 7.75. The Morgan fingerprint density at radius 3 is 2.42 bits per heavy atom. The summed E-state index contributed by atoms with van der Waals surface area (Å²) in [4.78, 5) is 25.4. The van der Waals surface area contributed by atoms with Crippen molar-refractivity contribution in [2.24, 2.45) is 5.92 Å². The van der Waals surface area contributed by atoms with Gasteiger partial charge in [0.1, 0.15) is 0 Å². The van der Waals surface area contributed by atoms with Crippen molar-refractivity contribution in [1.29, 1.82) is 0 Å². The largest absolute Gasteiger partial charge is 0.490 e. The van der Waals surface area contributed by atoms with Gasteiger partial charge in [0.25, 0.3) is 11.5 Å². The van der Waals surface area contributed by atoms with E-state index in [0.717, 1.165) is 0 Å². The Kier molecular flexibility index (Phi) is 7.31. The minimum absolute atomic E-state index is 0.135. The number of anilines is 2. The van der Waals surface area contributed by atoms with E-state index >= 15 is 0 Å². The lowest BCUT2D eigenvalue weighted by atomic mass is 10.1. The van der Waals surface area contributed by atoms with Crippen LogP contribution in [0.1, 0.15) is 31.1 Å². The van der Waals surface area contributed by atoms with E-state index in [1.807, 2.05) is 20.8 Å². The number of ether oxygens (including phenoxy) is 1. The molecular formula is C23H25ClN4O3. The summed E-state index contributed by atoms with van der Waals surface area (Å²) in [6.07, 6.45) is 1.50. The van der Waals surface area contributed by atoms with Gasteiger partial charge in [-0.15, -0.1) is 0 Å². The number of nitrogens with zero attached hydrogens (tertiary/aromatic N) is 2. The van der Waals surface area contributed by atoms with Crippen molar-refractivity contribution < 1.29 is 9.53 Å². The molecule has 0 saturated carbocycles. The molecule has 162 valence electrons. The lowest BCUT2D eigenvalue weighted by Gasteiger charge is -2.14. The van der Waals surface area contributed by atoms with Crippen LogP contribution in [0.4, 0.5) is 11.4 Å². The van der Waals surface area contributed by atoms with Crippen LogP contribution in [0.2, 0.25) is 5.02 Å². The zero-order chi connectivity index (χ0) is 22.4. The number of nitrogens with one attached hydrogen (secondary N) is 2. The molecule has 1 aromatic heterocycles. The molecule has 0 saturated heterocycles. The maximum Gasteiger partial charge on any atom is 0.299 e. The second-order valence-electron chi connectivity index (χ2n) is 7.32. The van der Waals surface area contributed by atoms with Crippen LogP contribution in [0.25, 0.3) is 5.69 Å². The molecule has 8 heteroatoms. The first kappa shape index (κ1) is 22.4. The molecule has 0 unspecified atom stereocenters. The van der Waals surface area contributed by atoms with E-state index in [0.29, 0.717) is 46.8 Å². The first-order valence-corrected chi connectivity index (χ1v) is 10.4. The van der Waals surface area contributed by atoms with Crippen LogP contribution in [0.15, 0.2) is 59.5 Å². The predicted molar refractivity (Wildman–Crippen MR) is 123 cm³/mol. The number of carbonyl (C=O) groups is 1. The Morgan fingerprint density at radius 1 is 1.13 bits per heavy atom. The van der Waals surface area contributed by atoms with Crippen molar-refractivity contribution in [3.8, 4) is 11.4 Å². The van der Waals surface area contributed by atoms with Crippen molar-refractivity contribution >= 4 is 28.9 Å². The molecule has 2 aromatic carbocycles. The van der Waals surface area contributed by atoms with Crippen molar-refractivity contribution in [2.75, 3.05) is 18.5 Å². The van der Waals surface area contributed by atoms with E-state index in [4.69, 9.17) is 16.3 Å². The summed E-state index contributed by atoms with van der Waals surface area (Å²) in [5, 5.41) is 10.8. The molecule has 0 aliphatic heterocycles. The third-order valence-electron chi connectivity index (χ3n) is 4.40. The number of hydrogen-bond donors (Lipinski definition) is 2. The highest BCUT2D eigenvalue weighted by Gasteiger charge is 2.15. The van der Waals surface area contributed by atoms with Crippen molar-refractivity contribution in [1.82, 2.24) is 15.1 Å². The quantitative estimate of drug-likeness (QED) is 0.541. The van der Waals surface area contributed by atoms with Gasteiger partial charge in [0.15, 0.2) is 11.4 Å². The molecular weight excluding hydrogens is 416 g/mol. The van der Waals surface area contributed by atoms with Gasteiger partial charge in [-0.3, -0.25) is 9.59 Å². The van der Waals surface area contributed by atoms with Gasteiger partial charge in [0.05, 0.1) is 18.5 Å². The van der Waals surface area contributed by atoms with Crippen LogP contribution in [-0.2, 0) is 0 Å². The molecule has 1 amide bonds. The summed E-state index contributed by atoms with van der Waals surface area (Å²) in [7, 11) is 0. The van der Waals surface area contributed by atoms with Gasteiger partial charge >= 0.3 is 0 Å². The van der Waals surface area contributed by atoms with Crippen molar-refractivity contribution in [2.45, 2.75) is 20.8 Å². The minimum Gasteiger partial charge on any atom is -0.490 e. The van der Waals surface area contributed by atoms with E-state index < -0.39 is 0 Å². The van der Waals surface area contributed by atoms with Crippen LogP contribution in [0.3, 0.4) is 0 Å². The molecule has 7 nitrogen and oxygen atoms in total. The topological polar surface area (TPSA) is 85.2 Å². The molecule has 0 radical (unpaired) electrons. The van der Waals surface area contributed by atoms with Gasteiger partial charge in [-0.25, -0.2) is 0 Å². The Morgan fingerprint density at radius 2 is 1.81 bits per heavy atom. The molecule has 0 spiro atoms. The highest BCUT2D eigenvalue weighted by atomic mass is 35.5. The summed E-state index contributed by atoms with van der Waals surface area (Å²) < 4.78 is 6.87. The summed E-state index contributed by atoms with van der Waals surface area (Å²) >= 11 is 5.95. The second kappa shape index (κ2) is 10.1. The SMILES string of the molecule is CCOc1cnn(-c2ccc(Cl)cc2)c(=O)c1Nc1ccc(C(=O)NCC(C)C)cc1. The minimum atomic E-state index is -0.368. The van der Waals surface area contributed by atoms with Gasteiger partial charge < -0.3 is 15.4 Å². The lowest BCUT2D eigenvalue weighted by Crippen LogP contribution is -2.27. The smallest absolute Gasteiger partial charge is 0.299 e. The highest BCUT2D eigenvalue weighted by molar-refractivity contribution is 6.30. The number of rotatable bonds is 8. The highest BCUT2D eigenvalue weighted by Crippen LogP contribution is 2.24. The van der Waals surface area contributed by atoms with Crippen LogP contribution in [-0.4, -0.2) is 28.8 Å². The molecule has 0 bridgehead atoms. The van der Waals surface area contributed by atoms with Gasteiger partial charge in [-0.2, -0.15) is 9.78 Å². The standard InChI is InChI=1S/C23H25ClN4O3/c1-4-31-20-14-26-28(19-11-7-17(24)8-12-19)23(30)21(20)27-18-9-5-16(6-10-18)22(29)25-13-15(2)3/h5-12,14-15,27H,4,13H2,1-3H3,(H,25,29). The number of benzene rings is 2. The Balaban J connectivity index is 1.89. The van der Waals surface area contributed by atoms with E-state index in [9.17, 15) is 9.59 Å². The molecule has 0 aliphatic carbocycles. The molecule has 0 atom stereocenters. The molecule has 2 N–H and O–H groups in total. The van der Waals surface area contributed by atoms with Gasteiger partial charge in [0.2, 0.25) is 0 Å². The third-order valence-corrected chi connectivity index (χ3v) is 4.65. The van der Waals surface area contributed by atoms with E-state index in [-0.39, 0.29) is 17.2 Å². The van der Waals surface area contributed by atoms with E-state index in [1.54, 1.807) is 48.5 Å². The average molecular weight is 441 g/mol. The Bertz CT molecular complexity index is 1090. The number of halogens is 1. The zero-order valence-electron chi connectivity index (χ0n) is 17.7. The number of amides is 1. The van der Waals surface area contributed by atoms with Gasteiger partial charge in [-0.1, -0.05) is 25.4 Å². The fourth-order valence-corrected chi connectivity index (χ4v) is 2.96. The fourth-order valence-electron chi connectivity index (χ4n) is 2.83. The van der Waals surface area contributed by atoms with Crippen molar-refractivity contribution in [3.63, 3.8) is 0 Å². The molecule has 3 rings (SSSR count). The average Bonchev–Trinajstić information content (AvgIpc) is 2.76. The normalized spacial score (nSPS) is 10.7. The Labute approximate surface area is 186 Å². The van der Waals surface area contributed by atoms with E-state index in [2.05, 4.69) is 15.7 Å². The maximum absolute atomic E-state index is 13.1. The molecule has 3 aromatic rings. The predicted octanol–water partition coefficient (Wildman–Crippen LogP) is 4.41. The number of hydrogen-bond acceptors (Lipinski definition) is 5. The number of carbonyl (C=O) groups excluding carboxylic acids is 1. The molecule has 31 heavy (non-hydrogen) atoms. The summed E-state index contributed by atoms with van der Waals surface area (Å²) in [6, 6.07) is 13.7. The first-order chi connectivity index (χ1) is 14.9. The summed E-state index contributed by atoms with van der Waals surface area (Å²) in [6.45, 7) is 6.90. The zero-order valence-corrected chi connectivity index (χ0v) is 18.4. The summed E-state index contributed by atoms with van der Waals surface area (Å²) in [5.41, 5.74) is 1.66. The molecule has 0 fully saturated rings.